The number of furan rings is 1. The van der Waals surface area contributed by atoms with Crippen LogP contribution in [0.2, 0.25) is 0 Å². The van der Waals surface area contributed by atoms with Crippen LogP contribution in [0.4, 0.5) is 0 Å². The van der Waals surface area contributed by atoms with Crippen LogP contribution in [0.25, 0.3) is 0 Å². The first-order chi connectivity index (χ1) is 8.77. The van der Waals surface area contributed by atoms with Crippen molar-refractivity contribution in [3.8, 4) is 0 Å². The number of esters is 1. The largest absolute Gasteiger partial charge is 0.475 e. The summed E-state index contributed by atoms with van der Waals surface area (Å²) in [6.45, 7) is 1.15. The molecule has 19 heavy (non-hydrogen) atoms. The maximum atomic E-state index is 11.8. The number of carboxylic acid groups (broad SMARTS) is 1. The predicted molar refractivity (Wildman–Crippen MR) is 65.2 cm³/mol. The SMILES string of the molecule is CCOC(=O)CNS(=O)(=O)c1cc(C(=O)O)oc1Br. The number of hydrogen-bond donors (Lipinski definition) is 2. The fourth-order valence-corrected chi connectivity index (χ4v) is 2.99. The van der Waals surface area contributed by atoms with Crippen molar-refractivity contribution < 1.29 is 32.3 Å². The van der Waals surface area contributed by atoms with Gasteiger partial charge in [-0.15, -0.1) is 0 Å². The molecule has 0 amide bonds. The minimum atomic E-state index is -4.07. The molecule has 0 aliphatic carbocycles. The molecule has 106 valence electrons. The average Bonchev–Trinajstić information content (AvgIpc) is 2.70. The molecule has 0 aliphatic heterocycles. The first kappa shape index (κ1) is 15.7. The van der Waals surface area contributed by atoms with E-state index in [1.54, 1.807) is 6.92 Å². The Bertz CT molecular complexity index is 592. The fraction of sp³-hybridized carbons (Fsp3) is 0.333. The highest BCUT2D eigenvalue weighted by Gasteiger charge is 2.25. The number of carboxylic acids is 1. The monoisotopic (exact) mass is 355 g/mol. The molecular weight excluding hydrogens is 346 g/mol. The molecule has 0 saturated carbocycles. The molecule has 0 aliphatic rings. The zero-order chi connectivity index (χ0) is 14.6. The van der Waals surface area contributed by atoms with Gasteiger partial charge in [-0.1, -0.05) is 0 Å². The molecule has 0 fully saturated rings. The highest BCUT2D eigenvalue weighted by atomic mass is 79.9. The third-order valence-corrected chi connectivity index (χ3v) is 4.13. The van der Waals surface area contributed by atoms with Gasteiger partial charge >= 0.3 is 11.9 Å². The Labute approximate surface area is 116 Å². The first-order valence-electron chi connectivity index (χ1n) is 4.96. The van der Waals surface area contributed by atoms with Crippen LogP contribution in [0.5, 0.6) is 0 Å². The number of ether oxygens (including phenoxy) is 1. The van der Waals surface area contributed by atoms with E-state index >= 15 is 0 Å². The smallest absolute Gasteiger partial charge is 0.371 e. The van der Waals surface area contributed by atoms with E-state index in [1.807, 2.05) is 4.72 Å². The number of hydrogen-bond acceptors (Lipinski definition) is 6. The first-order valence-corrected chi connectivity index (χ1v) is 7.23. The van der Waals surface area contributed by atoms with Crippen LogP contribution in [-0.2, 0) is 19.6 Å². The molecular formula is C9H10BrNO7S. The number of carbonyl (C=O) groups excluding carboxylic acids is 1. The molecule has 0 spiro atoms. The van der Waals surface area contributed by atoms with Crippen molar-refractivity contribution >= 4 is 37.9 Å². The van der Waals surface area contributed by atoms with Gasteiger partial charge in [0, 0.05) is 6.07 Å². The van der Waals surface area contributed by atoms with Crippen molar-refractivity contribution in [2.75, 3.05) is 13.2 Å². The van der Waals surface area contributed by atoms with E-state index in [4.69, 9.17) is 9.52 Å². The topological polar surface area (TPSA) is 123 Å². The zero-order valence-electron chi connectivity index (χ0n) is 9.67. The van der Waals surface area contributed by atoms with Gasteiger partial charge in [0.1, 0.15) is 11.4 Å². The fourth-order valence-electron chi connectivity index (χ4n) is 1.08. The molecule has 0 atom stereocenters. The summed E-state index contributed by atoms with van der Waals surface area (Å²) in [7, 11) is -4.07. The summed E-state index contributed by atoms with van der Waals surface area (Å²) in [6, 6.07) is 0.833. The minimum Gasteiger partial charge on any atom is -0.475 e. The van der Waals surface area contributed by atoms with Crippen LogP contribution in [-0.4, -0.2) is 38.6 Å². The Morgan fingerprint density at radius 3 is 2.63 bits per heavy atom. The molecule has 0 bridgehead atoms. The molecule has 1 aromatic heterocycles. The summed E-state index contributed by atoms with van der Waals surface area (Å²) in [5.74, 6) is -2.69. The van der Waals surface area contributed by atoms with Crippen molar-refractivity contribution in [1.82, 2.24) is 4.72 Å². The van der Waals surface area contributed by atoms with Crippen molar-refractivity contribution in [1.29, 1.82) is 0 Å². The lowest BCUT2D eigenvalue weighted by Gasteiger charge is -2.04. The van der Waals surface area contributed by atoms with Crippen LogP contribution in [0.15, 0.2) is 20.0 Å². The molecule has 0 aromatic carbocycles. The molecule has 0 saturated heterocycles. The molecule has 0 radical (unpaired) electrons. The number of nitrogens with one attached hydrogen (secondary N) is 1. The second kappa shape index (κ2) is 6.17. The second-order valence-corrected chi connectivity index (χ2v) is 5.64. The van der Waals surface area contributed by atoms with Gasteiger partial charge in [0.05, 0.1) is 6.61 Å². The van der Waals surface area contributed by atoms with Crippen LogP contribution in [0.1, 0.15) is 17.5 Å². The maximum absolute atomic E-state index is 11.8. The number of sulfonamides is 1. The maximum Gasteiger partial charge on any atom is 0.371 e. The van der Waals surface area contributed by atoms with E-state index in [-0.39, 0.29) is 11.3 Å². The standard InChI is InChI=1S/C9H10BrNO7S/c1-2-17-7(12)4-11-19(15,16)6-3-5(9(13)14)18-8(6)10/h3,11H,2,4H2,1H3,(H,13,14). The predicted octanol–water partition coefficient (Wildman–Crippen LogP) is 0.582. The lowest BCUT2D eigenvalue weighted by atomic mass is 10.5. The van der Waals surface area contributed by atoms with E-state index in [0.29, 0.717) is 0 Å². The Balaban J connectivity index is 2.89. The van der Waals surface area contributed by atoms with Crippen molar-refractivity contribution in [2.45, 2.75) is 11.8 Å². The van der Waals surface area contributed by atoms with Gasteiger partial charge in [0.2, 0.25) is 15.8 Å². The van der Waals surface area contributed by atoms with E-state index in [0.717, 1.165) is 6.07 Å². The van der Waals surface area contributed by atoms with Gasteiger partial charge < -0.3 is 14.3 Å². The van der Waals surface area contributed by atoms with Gasteiger partial charge in [-0.25, -0.2) is 13.2 Å². The highest BCUT2D eigenvalue weighted by Crippen LogP contribution is 2.25. The van der Waals surface area contributed by atoms with E-state index in [9.17, 15) is 18.0 Å². The summed E-state index contributed by atoms with van der Waals surface area (Å²) in [6.07, 6.45) is 0. The average molecular weight is 356 g/mol. The Morgan fingerprint density at radius 2 is 2.16 bits per heavy atom. The lowest BCUT2D eigenvalue weighted by Crippen LogP contribution is -2.30. The Hall–Kier alpha value is -1.39. The van der Waals surface area contributed by atoms with Gasteiger partial charge in [-0.2, -0.15) is 4.72 Å². The quantitative estimate of drug-likeness (QED) is 0.715. The van der Waals surface area contributed by atoms with Crippen molar-refractivity contribution in [3.63, 3.8) is 0 Å². The number of aromatic carboxylic acids is 1. The van der Waals surface area contributed by atoms with E-state index in [1.165, 1.54) is 0 Å². The molecule has 0 unspecified atom stereocenters. The van der Waals surface area contributed by atoms with E-state index in [2.05, 4.69) is 20.7 Å². The van der Waals surface area contributed by atoms with Crippen LogP contribution < -0.4 is 4.72 Å². The molecule has 1 rings (SSSR count). The molecule has 1 aromatic rings. The van der Waals surface area contributed by atoms with Crippen LogP contribution in [0.3, 0.4) is 0 Å². The van der Waals surface area contributed by atoms with Gasteiger partial charge in [0.15, 0.2) is 4.67 Å². The number of rotatable bonds is 6. The number of carbonyl (C=O) groups is 2. The van der Waals surface area contributed by atoms with E-state index < -0.39 is 39.2 Å². The van der Waals surface area contributed by atoms with Crippen molar-refractivity contribution in [2.24, 2.45) is 0 Å². The third-order valence-electron chi connectivity index (χ3n) is 1.87. The van der Waals surface area contributed by atoms with Crippen molar-refractivity contribution in [3.05, 3.63) is 16.5 Å². The summed E-state index contributed by atoms with van der Waals surface area (Å²) in [4.78, 5) is 21.3. The molecule has 10 heteroatoms. The Morgan fingerprint density at radius 1 is 1.53 bits per heavy atom. The minimum absolute atomic E-state index is 0.124. The summed E-state index contributed by atoms with van der Waals surface area (Å²) < 4.78 is 34.5. The second-order valence-electron chi connectivity index (χ2n) is 3.18. The Kier molecular flexibility index (Phi) is 5.09. The zero-order valence-corrected chi connectivity index (χ0v) is 12.1. The normalized spacial score (nSPS) is 11.3. The van der Waals surface area contributed by atoms with Gasteiger partial charge in [-0.3, -0.25) is 4.79 Å². The third kappa shape index (κ3) is 4.04. The lowest BCUT2D eigenvalue weighted by molar-refractivity contribution is -0.141. The summed E-state index contributed by atoms with van der Waals surface area (Å²) >= 11 is 2.79. The molecule has 1 heterocycles. The molecule has 2 N–H and O–H groups in total. The summed E-state index contributed by atoms with van der Waals surface area (Å²) in [5.41, 5.74) is 0. The number of halogens is 1. The molecule has 8 nitrogen and oxygen atoms in total. The van der Waals surface area contributed by atoms with Gasteiger partial charge in [-0.05, 0) is 22.9 Å². The highest BCUT2D eigenvalue weighted by molar-refractivity contribution is 9.10. The van der Waals surface area contributed by atoms with Crippen LogP contribution in [0, 0.1) is 0 Å². The summed E-state index contributed by atoms with van der Waals surface area (Å²) in [5, 5.41) is 8.67. The van der Waals surface area contributed by atoms with Crippen LogP contribution >= 0.6 is 15.9 Å². The van der Waals surface area contributed by atoms with Gasteiger partial charge in [0.25, 0.3) is 0 Å².